The van der Waals surface area contributed by atoms with E-state index in [1.165, 1.54) is 31.4 Å². The average Bonchev–Trinajstić information content (AvgIpc) is 3.28. The van der Waals surface area contributed by atoms with Crippen molar-refractivity contribution in [3.05, 3.63) is 123 Å². The van der Waals surface area contributed by atoms with Gasteiger partial charge in [0.25, 0.3) is 5.78 Å². The number of hydrogen-bond acceptors (Lipinski definition) is 6. The molecule has 0 radical (unpaired) electrons. The van der Waals surface area contributed by atoms with Gasteiger partial charge in [0.05, 0.1) is 0 Å². The highest BCUT2D eigenvalue weighted by Gasteiger charge is 2.25. The molecule has 0 saturated heterocycles. The number of benzene rings is 2. The third kappa shape index (κ3) is 5.45. The second-order valence-electron chi connectivity index (χ2n) is 7.34. The van der Waals surface area contributed by atoms with Crippen LogP contribution in [0.1, 0.15) is 39.0 Å². The Morgan fingerprint density at radius 1 is 0.879 bits per heavy atom. The molecule has 0 N–H and O–H groups in total. The number of carbonyl (C=O) groups is 1. The first-order valence-corrected chi connectivity index (χ1v) is 10.2. The van der Waals surface area contributed by atoms with Gasteiger partial charge < -0.3 is 18.3 Å². The number of rotatable bonds is 9. The van der Waals surface area contributed by atoms with Crippen LogP contribution in [0.15, 0.2) is 86.4 Å². The van der Waals surface area contributed by atoms with E-state index in [0.717, 1.165) is 11.1 Å². The molecule has 0 unspecified atom stereocenters. The number of methoxy groups -OCH3 is 1. The Balaban J connectivity index is 1.62. The smallest absolute Gasteiger partial charge is 0.267 e. The number of ether oxygens (including phenoxy) is 2. The van der Waals surface area contributed by atoms with Gasteiger partial charge in [0, 0.05) is 19.6 Å². The zero-order valence-electron chi connectivity index (χ0n) is 17.9. The van der Waals surface area contributed by atoms with E-state index in [-0.39, 0.29) is 42.1 Å². The standard InChI is InChI=1S/C26H21FO6/c1-30-16-21-14-22(28)25(31-15-18-5-3-2-4-6-18)26(33-21)24(29)23-12-11-20(32-23)13-17-7-9-19(27)10-8-17/h2-12,14H,13,15-16H2,1H3. The van der Waals surface area contributed by atoms with Gasteiger partial charge >= 0.3 is 0 Å². The number of halogens is 1. The summed E-state index contributed by atoms with van der Waals surface area (Å²) in [6.07, 6.45) is 0.374. The number of carbonyl (C=O) groups excluding carboxylic acids is 1. The van der Waals surface area contributed by atoms with Crippen LogP contribution in [0, 0.1) is 5.82 Å². The molecule has 0 aliphatic rings. The summed E-state index contributed by atoms with van der Waals surface area (Å²) in [5.41, 5.74) is 1.16. The highest BCUT2D eigenvalue weighted by molar-refractivity contribution is 6.06. The van der Waals surface area contributed by atoms with Gasteiger partial charge in [-0.15, -0.1) is 0 Å². The molecule has 0 atom stereocenters. The zero-order valence-corrected chi connectivity index (χ0v) is 17.9. The zero-order chi connectivity index (χ0) is 23.2. The maximum atomic E-state index is 13.2. The van der Waals surface area contributed by atoms with Gasteiger partial charge in [-0.25, -0.2) is 4.39 Å². The first-order valence-electron chi connectivity index (χ1n) is 10.2. The Bertz CT molecular complexity index is 1290. The van der Waals surface area contributed by atoms with E-state index in [1.807, 2.05) is 30.3 Å². The van der Waals surface area contributed by atoms with Gasteiger partial charge in [-0.2, -0.15) is 0 Å². The Morgan fingerprint density at radius 2 is 1.64 bits per heavy atom. The topological polar surface area (TPSA) is 78.9 Å². The van der Waals surface area contributed by atoms with Gasteiger partial charge in [-0.3, -0.25) is 9.59 Å². The lowest BCUT2D eigenvalue weighted by atomic mass is 10.1. The molecule has 0 bridgehead atoms. The predicted molar refractivity (Wildman–Crippen MR) is 118 cm³/mol. The van der Waals surface area contributed by atoms with E-state index < -0.39 is 11.2 Å². The molecule has 0 aliphatic carbocycles. The highest BCUT2D eigenvalue weighted by Crippen LogP contribution is 2.23. The first-order chi connectivity index (χ1) is 16.0. The van der Waals surface area contributed by atoms with Crippen molar-refractivity contribution >= 4 is 5.78 Å². The van der Waals surface area contributed by atoms with Crippen molar-refractivity contribution in [2.75, 3.05) is 7.11 Å². The molecule has 0 fully saturated rings. The quantitative estimate of drug-likeness (QED) is 0.338. The largest absolute Gasteiger partial charge is 0.481 e. The third-order valence-corrected chi connectivity index (χ3v) is 4.85. The van der Waals surface area contributed by atoms with Crippen LogP contribution < -0.4 is 10.2 Å². The van der Waals surface area contributed by atoms with E-state index >= 15 is 0 Å². The van der Waals surface area contributed by atoms with Crippen molar-refractivity contribution < 1.29 is 27.5 Å². The van der Waals surface area contributed by atoms with Gasteiger partial charge in [0.2, 0.25) is 16.9 Å². The van der Waals surface area contributed by atoms with Gasteiger partial charge in [0.1, 0.15) is 30.6 Å². The van der Waals surface area contributed by atoms with Crippen molar-refractivity contribution in [2.24, 2.45) is 0 Å². The van der Waals surface area contributed by atoms with Gasteiger partial charge in [-0.1, -0.05) is 42.5 Å². The second-order valence-corrected chi connectivity index (χ2v) is 7.34. The van der Waals surface area contributed by atoms with E-state index in [9.17, 15) is 14.0 Å². The summed E-state index contributed by atoms with van der Waals surface area (Å²) >= 11 is 0. The predicted octanol–water partition coefficient (Wildman–Crippen LogP) is 4.92. The molecular weight excluding hydrogens is 427 g/mol. The molecule has 6 nitrogen and oxygen atoms in total. The SMILES string of the molecule is COCc1cc(=O)c(OCc2ccccc2)c(C(=O)c2ccc(Cc3ccc(F)cc3)o2)o1. The van der Waals surface area contributed by atoms with Crippen molar-refractivity contribution in [2.45, 2.75) is 19.6 Å². The molecule has 0 spiro atoms. The molecule has 0 saturated carbocycles. The summed E-state index contributed by atoms with van der Waals surface area (Å²) in [6.45, 7) is 0.103. The average molecular weight is 448 g/mol. The van der Waals surface area contributed by atoms with Crippen LogP contribution in [0.3, 0.4) is 0 Å². The molecule has 4 rings (SSSR count). The molecule has 2 aromatic heterocycles. The summed E-state index contributed by atoms with van der Waals surface area (Å²) in [6, 6.07) is 19.6. The molecule has 2 aromatic carbocycles. The van der Waals surface area contributed by atoms with Crippen LogP contribution in [0.4, 0.5) is 4.39 Å². The first kappa shape index (κ1) is 22.2. The Kier molecular flexibility index (Phi) is 6.80. The summed E-state index contributed by atoms with van der Waals surface area (Å²) in [5, 5.41) is 0. The van der Waals surface area contributed by atoms with Crippen LogP contribution in [-0.2, 0) is 24.4 Å². The molecule has 168 valence electrons. The molecule has 4 aromatic rings. The van der Waals surface area contributed by atoms with Crippen molar-refractivity contribution in [3.63, 3.8) is 0 Å². The van der Waals surface area contributed by atoms with E-state index in [4.69, 9.17) is 18.3 Å². The van der Waals surface area contributed by atoms with E-state index in [0.29, 0.717) is 12.2 Å². The maximum Gasteiger partial charge on any atom is 0.267 e. The normalized spacial score (nSPS) is 10.8. The molecule has 0 aliphatic heterocycles. The Hall–Kier alpha value is -3.97. The molecule has 0 amide bonds. The van der Waals surface area contributed by atoms with Crippen LogP contribution in [0.25, 0.3) is 0 Å². The van der Waals surface area contributed by atoms with Gasteiger partial charge in [-0.05, 0) is 35.4 Å². The lowest BCUT2D eigenvalue weighted by molar-refractivity contribution is 0.0957. The van der Waals surface area contributed by atoms with Crippen LogP contribution in [-0.4, -0.2) is 12.9 Å². The number of ketones is 1. The fourth-order valence-corrected chi connectivity index (χ4v) is 3.27. The summed E-state index contributed by atoms with van der Waals surface area (Å²) in [4.78, 5) is 25.9. The van der Waals surface area contributed by atoms with Crippen molar-refractivity contribution in [1.29, 1.82) is 0 Å². The van der Waals surface area contributed by atoms with Gasteiger partial charge in [0.15, 0.2) is 5.76 Å². The van der Waals surface area contributed by atoms with E-state index in [1.54, 1.807) is 18.2 Å². The van der Waals surface area contributed by atoms with Crippen molar-refractivity contribution in [1.82, 2.24) is 0 Å². The minimum atomic E-state index is -0.626. The molecule has 2 heterocycles. The second kappa shape index (κ2) is 10.1. The number of hydrogen-bond donors (Lipinski definition) is 0. The van der Waals surface area contributed by atoms with Crippen LogP contribution in [0.2, 0.25) is 0 Å². The Labute approximate surface area is 189 Å². The van der Waals surface area contributed by atoms with E-state index in [2.05, 4.69) is 0 Å². The van der Waals surface area contributed by atoms with Crippen LogP contribution >= 0.6 is 0 Å². The minimum absolute atomic E-state index is 0.00519. The lowest BCUT2D eigenvalue weighted by Crippen LogP contribution is -2.15. The summed E-state index contributed by atoms with van der Waals surface area (Å²) < 4.78 is 35.2. The third-order valence-electron chi connectivity index (χ3n) is 4.85. The molecule has 7 heteroatoms. The highest BCUT2D eigenvalue weighted by atomic mass is 19.1. The molecule has 33 heavy (non-hydrogen) atoms. The molecular formula is C26H21FO6. The fraction of sp³-hybridized carbons (Fsp3) is 0.154. The summed E-state index contributed by atoms with van der Waals surface area (Å²) in [5.74, 6) is -0.715. The van der Waals surface area contributed by atoms with Crippen LogP contribution in [0.5, 0.6) is 5.75 Å². The monoisotopic (exact) mass is 448 g/mol. The lowest BCUT2D eigenvalue weighted by Gasteiger charge is -2.10. The Morgan fingerprint density at radius 3 is 2.36 bits per heavy atom. The number of furan rings is 1. The maximum absolute atomic E-state index is 13.2. The minimum Gasteiger partial charge on any atom is -0.481 e. The van der Waals surface area contributed by atoms with Crippen molar-refractivity contribution in [3.8, 4) is 5.75 Å². The fourth-order valence-electron chi connectivity index (χ4n) is 3.27. The summed E-state index contributed by atoms with van der Waals surface area (Å²) in [7, 11) is 1.45.